The quantitative estimate of drug-likeness (QED) is 0.143. The van der Waals surface area contributed by atoms with Crippen LogP contribution in [-0.4, -0.2) is 263 Å². The first kappa shape index (κ1) is 88.1. The van der Waals surface area contributed by atoms with Crippen LogP contribution in [0.2, 0.25) is 0 Å². The number of rotatable bonds is 14. The average Bonchev–Trinajstić information content (AvgIpc) is 1.31. The Bertz CT molecular complexity index is 3160. The zero-order valence-corrected chi connectivity index (χ0v) is 67.0. The Balaban J connectivity index is 1.48. The molecule has 0 bridgehead atoms. The second-order valence-corrected chi connectivity index (χ2v) is 33.6. The van der Waals surface area contributed by atoms with Gasteiger partial charge in [0.15, 0.2) is 0 Å². The third-order valence-corrected chi connectivity index (χ3v) is 25.3. The van der Waals surface area contributed by atoms with Gasteiger partial charge in [-0.25, -0.2) is 0 Å². The van der Waals surface area contributed by atoms with E-state index in [4.69, 9.17) is 11.6 Å². The van der Waals surface area contributed by atoms with Crippen LogP contribution in [0.3, 0.4) is 0 Å². The summed E-state index contributed by atoms with van der Waals surface area (Å²) in [5.74, 6) is -11.7. The van der Waals surface area contributed by atoms with Crippen molar-refractivity contribution < 1.29 is 70.7 Å². The highest BCUT2D eigenvalue weighted by Gasteiger charge is 2.52. The molecule has 6 fully saturated rings. The molecule has 16 atom stereocenters. The third-order valence-electron chi connectivity index (χ3n) is 24.8. The molecule has 3 N–H and O–H groups in total. The molecule has 29 heteroatoms. The molecule has 6 aliphatic rings. The molecule has 6 rings (SSSR count). The minimum absolute atomic E-state index is 0.00444. The Labute approximate surface area is 632 Å². The molecule has 1 spiro atoms. The standard InChI is InChI=1S/C77H125ClF3N13O12/c1-18-47(6)64-73(104)88(12)49(8)68(99)94-36-33-57(94)72(103)91(15)60(40-51-27-25-46(5)26-28-51)71(102)87(11)44-62(95)83-56(32-30-50-29-31-54(55(78)39-50)77(79,80)81)69(100)90(14)59(41-52-23-22-24-53(38-52)43-82)67(98)85-76(34-20-21-35-76)75(106)93(17)65(48(7)19-2)74(105)92(16)61(70(101)86(9)10)42-63(96)89(13)58(37-45(3)4)66(97)84-64/h45-61,64-65H,18-42,44H2,1-17H3,(H,83,95)(H,84,97)(H,85,98)/t46?,47-,48-,49-,50?,51?,52?,53?,54?,55?,56-,57-,58-,59-,60-,61-,64-,65-/m0/s1. The highest BCUT2D eigenvalue weighted by atomic mass is 35.5. The summed E-state index contributed by atoms with van der Waals surface area (Å²) in [6.45, 7) is 14.1. The normalized spacial score (nSPS) is 32.1. The van der Waals surface area contributed by atoms with Crippen LogP contribution < -0.4 is 16.0 Å². The van der Waals surface area contributed by atoms with Crippen molar-refractivity contribution in [2.45, 2.75) is 281 Å². The topological polar surface area (TPSA) is 294 Å². The second kappa shape index (κ2) is 38.5. The molecule has 598 valence electrons. The Morgan fingerprint density at radius 2 is 1.24 bits per heavy atom. The van der Waals surface area contributed by atoms with Crippen LogP contribution >= 0.6 is 11.6 Å². The Hall–Kier alpha value is -6.79. The molecular formula is C77H125ClF3N13O12. The van der Waals surface area contributed by atoms with Gasteiger partial charge in [-0.05, 0) is 132 Å². The van der Waals surface area contributed by atoms with Crippen molar-refractivity contribution in [1.82, 2.24) is 60.0 Å². The summed E-state index contributed by atoms with van der Waals surface area (Å²) in [6, 6.07) is -9.01. The summed E-state index contributed by atoms with van der Waals surface area (Å²) in [5, 5.41) is 17.8. The zero-order valence-electron chi connectivity index (χ0n) is 66.2. The van der Waals surface area contributed by atoms with Crippen LogP contribution in [0, 0.1) is 64.6 Å². The summed E-state index contributed by atoms with van der Waals surface area (Å²) in [5.41, 5.74) is -1.66. The maximum Gasteiger partial charge on any atom is 0.393 e. The molecule has 0 radical (unpaired) electrons. The van der Waals surface area contributed by atoms with Crippen LogP contribution in [0.4, 0.5) is 13.2 Å². The van der Waals surface area contributed by atoms with E-state index in [0.717, 1.165) is 30.6 Å². The van der Waals surface area contributed by atoms with E-state index in [0.29, 0.717) is 57.3 Å². The molecule has 5 unspecified atom stereocenters. The predicted octanol–water partition coefficient (Wildman–Crippen LogP) is 7.36. The largest absolute Gasteiger partial charge is 0.393 e. The Morgan fingerprint density at radius 1 is 0.632 bits per heavy atom. The van der Waals surface area contributed by atoms with E-state index in [1.54, 1.807) is 13.8 Å². The van der Waals surface area contributed by atoms with E-state index >= 15 is 28.8 Å². The van der Waals surface area contributed by atoms with Crippen molar-refractivity contribution in [2.24, 2.45) is 53.3 Å². The van der Waals surface area contributed by atoms with E-state index in [-0.39, 0.29) is 101 Å². The van der Waals surface area contributed by atoms with Gasteiger partial charge in [-0.2, -0.15) is 18.4 Å². The van der Waals surface area contributed by atoms with Gasteiger partial charge < -0.3 is 60.0 Å². The van der Waals surface area contributed by atoms with Crippen LogP contribution in [0.15, 0.2) is 0 Å². The lowest BCUT2D eigenvalue weighted by atomic mass is 9.78. The molecule has 25 nitrogen and oxygen atoms in total. The Morgan fingerprint density at radius 3 is 1.79 bits per heavy atom. The minimum Gasteiger partial charge on any atom is -0.347 e. The van der Waals surface area contributed by atoms with Crippen LogP contribution in [-0.2, 0) is 57.5 Å². The molecule has 2 saturated heterocycles. The number of fused-ring (bicyclic) bond motifs is 1. The highest BCUT2D eigenvalue weighted by Crippen LogP contribution is 2.44. The second-order valence-electron chi connectivity index (χ2n) is 33.0. The number of hydrogen-bond acceptors (Lipinski definition) is 13. The lowest BCUT2D eigenvalue weighted by molar-refractivity contribution is -0.182. The molecule has 2 heterocycles. The summed E-state index contributed by atoms with van der Waals surface area (Å²) >= 11 is 6.47. The summed E-state index contributed by atoms with van der Waals surface area (Å²) in [6.07, 6.45) is 2.68. The molecule has 4 aliphatic carbocycles. The molecule has 4 saturated carbocycles. The lowest BCUT2D eigenvalue weighted by Crippen LogP contribution is -2.65. The fraction of sp³-hybridized carbons (Fsp3) is 0.831. The molecule has 2 aliphatic heterocycles. The van der Waals surface area contributed by atoms with Crippen molar-refractivity contribution >= 4 is 82.5 Å². The van der Waals surface area contributed by atoms with Gasteiger partial charge in [-0.1, -0.05) is 113 Å². The van der Waals surface area contributed by atoms with Crippen molar-refractivity contribution in [1.29, 1.82) is 5.26 Å². The molecule has 106 heavy (non-hydrogen) atoms. The maximum absolute atomic E-state index is 15.8. The number of halogens is 4. The van der Waals surface area contributed by atoms with Gasteiger partial charge in [0.05, 0.1) is 25.0 Å². The number of nitrogens with zero attached hydrogens (tertiary/aromatic N) is 10. The van der Waals surface area contributed by atoms with Crippen molar-refractivity contribution in [3.63, 3.8) is 0 Å². The molecule has 12 amide bonds. The van der Waals surface area contributed by atoms with Crippen molar-refractivity contribution in [3.8, 4) is 6.07 Å². The minimum atomic E-state index is -4.54. The van der Waals surface area contributed by atoms with E-state index in [2.05, 4.69) is 28.9 Å². The number of carbonyl (C=O) groups excluding carboxylic acids is 12. The molecule has 0 aromatic heterocycles. The van der Waals surface area contributed by atoms with E-state index < -0.39 is 179 Å². The zero-order chi connectivity index (χ0) is 79.3. The fourth-order valence-electron chi connectivity index (χ4n) is 17.0. The molecule has 0 aromatic rings. The predicted molar refractivity (Wildman–Crippen MR) is 395 cm³/mol. The lowest BCUT2D eigenvalue weighted by Gasteiger charge is -2.45. The summed E-state index contributed by atoms with van der Waals surface area (Å²) in [7, 11) is 12.9. The number of likely N-dealkylation sites (N-methyl/N-ethyl adjacent to an activating group) is 8. The summed E-state index contributed by atoms with van der Waals surface area (Å²) < 4.78 is 42.5. The van der Waals surface area contributed by atoms with Gasteiger partial charge in [0, 0.05) is 81.3 Å². The van der Waals surface area contributed by atoms with Gasteiger partial charge in [-0.15, -0.1) is 11.6 Å². The average molecular weight is 1520 g/mol. The van der Waals surface area contributed by atoms with Crippen molar-refractivity contribution in [3.05, 3.63) is 0 Å². The molecule has 0 aromatic carbocycles. The number of amides is 12. The van der Waals surface area contributed by atoms with Crippen LogP contribution in [0.5, 0.6) is 0 Å². The van der Waals surface area contributed by atoms with Crippen LogP contribution in [0.25, 0.3) is 0 Å². The van der Waals surface area contributed by atoms with Gasteiger partial charge in [0.25, 0.3) is 0 Å². The fourth-order valence-corrected chi connectivity index (χ4v) is 17.5. The van der Waals surface area contributed by atoms with Gasteiger partial charge in [-0.3, -0.25) is 57.5 Å². The van der Waals surface area contributed by atoms with Crippen LogP contribution in [0.1, 0.15) is 209 Å². The monoisotopic (exact) mass is 1520 g/mol. The number of nitrogens with one attached hydrogen (secondary N) is 3. The van der Waals surface area contributed by atoms with Gasteiger partial charge in [0.2, 0.25) is 70.9 Å². The number of nitriles is 1. The first-order valence-corrected chi connectivity index (χ1v) is 39.5. The Kier molecular flexibility index (Phi) is 32.0. The maximum atomic E-state index is 15.8. The summed E-state index contributed by atoms with van der Waals surface area (Å²) in [4.78, 5) is 193. The first-order valence-electron chi connectivity index (χ1n) is 39.0. The van der Waals surface area contributed by atoms with E-state index in [1.807, 2.05) is 27.7 Å². The highest BCUT2D eigenvalue weighted by molar-refractivity contribution is 6.21. The van der Waals surface area contributed by atoms with E-state index in [1.165, 1.54) is 110 Å². The number of hydrogen-bond donors (Lipinski definition) is 3. The number of carbonyl (C=O) groups is 12. The van der Waals surface area contributed by atoms with Crippen molar-refractivity contribution in [2.75, 3.05) is 76.5 Å². The first-order chi connectivity index (χ1) is 49.6. The smallest absolute Gasteiger partial charge is 0.347 e. The number of alkyl halides is 4. The van der Waals surface area contributed by atoms with Gasteiger partial charge in [0.1, 0.15) is 59.9 Å². The molecular weight excluding hydrogens is 1390 g/mol. The van der Waals surface area contributed by atoms with Gasteiger partial charge >= 0.3 is 6.18 Å². The third kappa shape index (κ3) is 21.6. The van der Waals surface area contributed by atoms with E-state index in [9.17, 15) is 47.2 Å². The SMILES string of the molecule is CC[C@H](C)[C@@H]1NC(=O)[C@H](CC(C)C)N(C)C(=O)C[C@@H](C(=O)N(C)C)N(C)C(=O)[C@H]([C@@H](C)CC)N(C)C(=O)C2(CCCC2)NC(=O)[C@H](CC2CCCC(C#N)C2)N(C)C(=O)[C@H](CCC2CCC(C(F)(F)F)C(Cl)C2)NC(=O)CN(C)C(=O)[C@H](CC2CCC(C)CC2)N(C)C(=O)[C@@H]2CCN2C(=O)[C@H](C)N(C)C1=O.